The number of nitro benzene ring substituents is 1. The van der Waals surface area contributed by atoms with Crippen LogP contribution < -0.4 is 11.1 Å². The standard InChI is InChI=1S/C11H12N6O5/c12-5-10(18)14-8(11(19)20)3-6-1-2-7(15-16-13)4-9(6)17(21)22/h1-2,4,8H,3,5,12H2,(H,14,18)(H,19,20). The minimum atomic E-state index is -1.36. The summed E-state index contributed by atoms with van der Waals surface area (Å²) in [6.45, 7) is -0.401. The Morgan fingerprint density at radius 1 is 1.55 bits per heavy atom. The Bertz CT molecular complexity index is 654. The number of carbonyl (C=O) groups is 2. The predicted octanol–water partition coefficient (Wildman–Crippen LogP) is 0.607. The number of amides is 1. The van der Waals surface area contributed by atoms with Gasteiger partial charge in [0.1, 0.15) is 6.04 Å². The van der Waals surface area contributed by atoms with E-state index in [-0.39, 0.29) is 17.7 Å². The third kappa shape index (κ3) is 4.44. The number of nitrogens with one attached hydrogen (secondary N) is 1. The van der Waals surface area contributed by atoms with Gasteiger partial charge in [-0.05, 0) is 5.53 Å². The maximum atomic E-state index is 11.2. The molecular formula is C11H12N6O5. The van der Waals surface area contributed by atoms with Gasteiger partial charge in [0.05, 0.1) is 11.5 Å². The van der Waals surface area contributed by atoms with Crippen LogP contribution in [-0.4, -0.2) is 34.5 Å². The number of hydrogen-bond donors (Lipinski definition) is 3. The molecule has 0 radical (unpaired) electrons. The molecule has 11 nitrogen and oxygen atoms in total. The summed E-state index contributed by atoms with van der Waals surface area (Å²) in [5, 5.41) is 25.5. The number of carboxylic acids is 1. The van der Waals surface area contributed by atoms with E-state index in [4.69, 9.17) is 16.4 Å². The normalized spacial score (nSPS) is 11.1. The molecule has 116 valence electrons. The van der Waals surface area contributed by atoms with Crippen molar-refractivity contribution in [2.24, 2.45) is 10.8 Å². The molecule has 11 heteroatoms. The minimum Gasteiger partial charge on any atom is -0.480 e. The maximum absolute atomic E-state index is 11.2. The van der Waals surface area contributed by atoms with Gasteiger partial charge in [0.2, 0.25) is 5.91 Å². The highest BCUT2D eigenvalue weighted by molar-refractivity contribution is 5.84. The molecule has 1 aromatic carbocycles. The molecule has 0 fully saturated rings. The molecule has 0 heterocycles. The van der Waals surface area contributed by atoms with Crippen molar-refractivity contribution in [3.05, 3.63) is 44.3 Å². The minimum absolute atomic E-state index is 0.0239. The average Bonchev–Trinajstić information content (AvgIpc) is 2.47. The van der Waals surface area contributed by atoms with Crippen LogP contribution in [0.2, 0.25) is 0 Å². The first kappa shape index (κ1) is 16.9. The molecule has 0 saturated carbocycles. The Balaban J connectivity index is 3.13. The lowest BCUT2D eigenvalue weighted by Gasteiger charge is -2.14. The molecule has 1 unspecified atom stereocenters. The van der Waals surface area contributed by atoms with Crippen molar-refractivity contribution in [3.8, 4) is 0 Å². The van der Waals surface area contributed by atoms with E-state index in [1.54, 1.807) is 0 Å². The van der Waals surface area contributed by atoms with Crippen molar-refractivity contribution in [2.75, 3.05) is 6.54 Å². The van der Waals surface area contributed by atoms with Crippen LogP contribution in [-0.2, 0) is 16.0 Å². The fourth-order valence-electron chi connectivity index (χ4n) is 1.68. The van der Waals surface area contributed by atoms with Crippen LogP contribution >= 0.6 is 0 Å². The highest BCUT2D eigenvalue weighted by atomic mass is 16.6. The Kier molecular flexibility index (Phi) is 5.81. The summed E-state index contributed by atoms with van der Waals surface area (Å²) in [6, 6.07) is 2.25. The van der Waals surface area contributed by atoms with Gasteiger partial charge in [-0.2, -0.15) is 0 Å². The first-order valence-electron chi connectivity index (χ1n) is 5.93. The molecule has 0 aliphatic carbocycles. The second-order valence-corrected chi connectivity index (χ2v) is 4.13. The highest BCUT2D eigenvalue weighted by Gasteiger charge is 2.24. The molecule has 0 aliphatic rings. The predicted molar refractivity (Wildman–Crippen MR) is 74.2 cm³/mol. The number of azide groups is 1. The fourth-order valence-corrected chi connectivity index (χ4v) is 1.68. The van der Waals surface area contributed by atoms with Crippen molar-refractivity contribution >= 4 is 23.3 Å². The number of nitrogens with zero attached hydrogens (tertiary/aromatic N) is 4. The number of hydrogen-bond acceptors (Lipinski definition) is 6. The van der Waals surface area contributed by atoms with Crippen molar-refractivity contribution in [1.82, 2.24) is 5.32 Å². The fraction of sp³-hybridized carbons (Fsp3) is 0.273. The zero-order valence-corrected chi connectivity index (χ0v) is 11.2. The number of carboxylic acid groups (broad SMARTS) is 1. The molecular weight excluding hydrogens is 296 g/mol. The quantitative estimate of drug-likeness (QED) is 0.217. The van der Waals surface area contributed by atoms with E-state index < -0.39 is 35.1 Å². The van der Waals surface area contributed by atoms with Crippen LogP contribution in [0.3, 0.4) is 0 Å². The van der Waals surface area contributed by atoms with Crippen LogP contribution in [0.25, 0.3) is 10.4 Å². The third-order valence-corrected chi connectivity index (χ3v) is 2.67. The van der Waals surface area contributed by atoms with Crippen LogP contribution in [0.15, 0.2) is 23.3 Å². The topological polar surface area (TPSA) is 184 Å². The number of rotatable bonds is 7. The van der Waals surface area contributed by atoms with E-state index in [2.05, 4.69) is 15.3 Å². The van der Waals surface area contributed by atoms with E-state index in [0.717, 1.165) is 6.07 Å². The number of nitro groups is 1. The summed E-state index contributed by atoms with van der Waals surface area (Å²) >= 11 is 0. The molecule has 22 heavy (non-hydrogen) atoms. The molecule has 1 rings (SSSR count). The van der Waals surface area contributed by atoms with Gasteiger partial charge in [-0.3, -0.25) is 14.9 Å². The number of nitrogens with two attached hydrogens (primary N) is 1. The smallest absolute Gasteiger partial charge is 0.326 e. The van der Waals surface area contributed by atoms with Crippen molar-refractivity contribution < 1.29 is 19.6 Å². The van der Waals surface area contributed by atoms with E-state index >= 15 is 0 Å². The molecule has 1 aromatic rings. The first-order valence-corrected chi connectivity index (χ1v) is 5.93. The second kappa shape index (κ2) is 7.57. The zero-order chi connectivity index (χ0) is 16.7. The van der Waals surface area contributed by atoms with E-state index in [1.165, 1.54) is 12.1 Å². The Labute approximate surface area is 123 Å². The Morgan fingerprint density at radius 2 is 2.23 bits per heavy atom. The average molecular weight is 308 g/mol. The van der Waals surface area contributed by atoms with Gasteiger partial charge < -0.3 is 16.2 Å². The van der Waals surface area contributed by atoms with Crippen molar-refractivity contribution in [2.45, 2.75) is 12.5 Å². The molecule has 1 amide bonds. The SMILES string of the molecule is [N-]=[N+]=Nc1ccc(CC(NC(=O)CN)C(=O)O)c([N+](=O)[O-])c1. The van der Waals surface area contributed by atoms with E-state index in [0.29, 0.717) is 0 Å². The lowest BCUT2D eigenvalue weighted by molar-refractivity contribution is -0.385. The molecule has 0 bridgehead atoms. The van der Waals surface area contributed by atoms with Crippen LogP contribution in [0.4, 0.5) is 11.4 Å². The maximum Gasteiger partial charge on any atom is 0.326 e. The van der Waals surface area contributed by atoms with Gasteiger partial charge >= 0.3 is 5.97 Å². The molecule has 0 aromatic heterocycles. The van der Waals surface area contributed by atoms with Gasteiger partial charge in [-0.15, -0.1) is 0 Å². The van der Waals surface area contributed by atoms with E-state index in [9.17, 15) is 19.7 Å². The van der Waals surface area contributed by atoms with Gasteiger partial charge in [0, 0.05) is 28.6 Å². The second-order valence-electron chi connectivity index (χ2n) is 4.13. The van der Waals surface area contributed by atoms with Crippen LogP contribution in [0, 0.1) is 10.1 Å². The Hall–Kier alpha value is -3.17. The van der Waals surface area contributed by atoms with Crippen molar-refractivity contribution in [3.63, 3.8) is 0 Å². The number of benzene rings is 1. The highest BCUT2D eigenvalue weighted by Crippen LogP contribution is 2.26. The van der Waals surface area contributed by atoms with Crippen molar-refractivity contribution in [1.29, 1.82) is 0 Å². The Morgan fingerprint density at radius 3 is 2.73 bits per heavy atom. The monoisotopic (exact) mass is 308 g/mol. The summed E-state index contributed by atoms with van der Waals surface area (Å²) in [5.41, 5.74) is 13.1. The molecule has 1 atom stereocenters. The van der Waals surface area contributed by atoms with Gasteiger partial charge in [0.15, 0.2) is 0 Å². The molecule has 0 spiro atoms. The number of carbonyl (C=O) groups excluding carboxylic acids is 1. The molecule has 0 saturated heterocycles. The van der Waals surface area contributed by atoms with Gasteiger partial charge in [0.25, 0.3) is 5.69 Å². The van der Waals surface area contributed by atoms with Gasteiger partial charge in [-0.25, -0.2) is 4.79 Å². The lowest BCUT2D eigenvalue weighted by Crippen LogP contribution is -2.44. The first-order chi connectivity index (χ1) is 10.4. The molecule has 0 aliphatic heterocycles. The van der Waals surface area contributed by atoms with Gasteiger partial charge in [-0.1, -0.05) is 17.2 Å². The zero-order valence-electron chi connectivity index (χ0n) is 11.2. The summed E-state index contributed by atoms with van der Waals surface area (Å²) in [6.07, 6.45) is -0.312. The summed E-state index contributed by atoms with van der Waals surface area (Å²) < 4.78 is 0. The molecule has 4 N–H and O–H groups in total. The van der Waals surface area contributed by atoms with Crippen LogP contribution in [0.5, 0.6) is 0 Å². The summed E-state index contributed by atoms with van der Waals surface area (Å²) in [4.78, 5) is 35.1. The lowest BCUT2D eigenvalue weighted by atomic mass is 10.0. The summed E-state index contributed by atoms with van der Waals surface area (Å²) in [7, 11) is 0. The van der Waals surface area contributed by atoms with E-state index in [1.807, 2.05) is 0 Å². The van der Waals surface area contributed by atoms with Crippen LogP contribution in [0.1, 0.15) is 5.56 Å². The summed E-state index contributed by atoms with van der Waals surface area (Å²) in [5.74, 6) is -2.05. The largest absolute Gasteiger partial charge is 0.480 e. The number of aliphatic carboxylic acids is 1. The third-order valence-electron chi connectivity index (χ3n) is 2.67.